The number of aliphatic imine (C=N–C) groups is 1. The molecule has 0 fully saturated rings. The molecule has 0 aliphatic carbocycles. The molecule has 7 heteroatoms. The molecular weight excluding hydrogens is 402 g/mol. The van der Waals surface area contributed by atoms with E-state index in [9.17, 15) is 9.59 Å². The molecule has 6 nitrogen and oxygen atoms in total. The number of hydrogen-bond acceptors (Lipinski definition) is 6. The maximum absolute atomic E-state index is 12.1. The van der Waals surface area contributed by atoms with Crippen molar-refractivity contribution in [1.29, 1.82) is 0 Å². The maximum Gasteiger partial charge on any atom is 0.363 e. The van der Waals surface area contributed by atoms with Gasteiger partial charge in [0, 0.05) is 12.5 Å². The van der Waals surface area contributed by atoms with Crippen LogP contribution in [0.25, 0.3) is 6.08 Å². The summed E-state index contributed by atoms with van der Waals surface area (Å²) in [7, 11) is 1.47. The van der Waals surface area contributed by atoms with Gasteiger partial charge in [0.05, 0.1) is 11.6 Å². The number of methoxy groups -OCH3 is 1. The van der Waals surface area contributed by atoms with E-state index in [0.29, 0.717) is 21.3 Å². The highest BCUT2D eigenvalue weighted by Crippen LogP contribution is 2.39. The van der Waals surface area contributed by atoms with Gasteiger partial charge in [-0.25, -0.2) is 9.79 Å². The summed E-state index contributed by atoms with van der Waals surface area (Å²) >= 11 is 3.39. The minimum absolute atomic E-state index is 0.142. The molecule has 1 aliphatic heterocycles. The molecule has 132 valence electrons. The topological polar surface area (TPSA) is 74.2 Å². The number of esters is 2. The van der Waals surface area contributed by atoms with E-state index < -0.39 is 11.9 Å². The molecule has 2 aromatic carbocycles. The third-order valence-corrected chi connectivity index (χ3v) is 4.31. The zero-order valence-electron chi connectivity index (χ0n) is 14.0. The second-order valence-electron chi connectivity index (χ2n) is 5.30. The van der Waals surface area contributed by atoms with Gasteiger partial charge in [0.1, 0.15) is 0 Å². The average molecular weight is 416 g/mol. The lowest BCUT2D eigenvalue weighted by Crippen LogP contribution is -2.05. The first-order chi connectivity index (χ1) is 12.5. The second kappa shape index (κ2) is 7.53. The van der Waals surface area contributed by atoms with Crippen molar-refractivity contribution in [3.05, 3.63) is 63.8 Å². The van der Waals surface area contributed by atoms with Crippen LogP contribution in [0.5, 0.6) is 11.5 Å². The molecule has 0 atom stereocenters. The van der Waals surface area contributed by atoms with Crippen molar-refractivity contribution in [3.63, 3.8) is 0 Å². The van der Waals surface area contributed by atoms with E-state index in [2.05, 4.69) is 20.9 Å². The summed E-state index contributed by atoms with van der Waals surface area (Å²) in [4.78, 5) is 27.7. The summed E-state index contributed by atoms with van der Waals surface area (Å²) in [6, 6.07) is 12.5. The summed E-state index contributed by atoms with van der Waals surface area (Å²) in [6.45, 7) is 1.29. The lowest BCUT2D eigenvalue weighted by molar-refractivity contribution is -0.132. The van der Waals surface area contributed by atoms with Crippen molar-refractivity contribution < 1.29 is 23.8 Å². The number of carbonyl (C=O) groups excluding carboxylic acids is 2. The van der Waals surface area contributed by atoms with Gasteiger partial charge in [-0.15, -0.1) is 0 Å². The molecule has 0 N–H and O–H groups in total. The first-order valence-corrected chi connectivity index (χ1v) is 8.42. The van der Waals surface area contributed by atoms with Gasteiger partial charge in [-0.2, -0.15) is 0 Å². The van der Waals surface area contributed by atoms with Crippen molar-refractivity contribution in [1.82, 2.24) is 0 Å². The van der Waals surface area contributed by atoms with E-state index in [4.69, 9.17) is 14.2 Å². The van der Waals surface area contributed by atoms with Crippen LogP contribution in [-0.4, -0.2) is 24.9 Å². The summed E-state index contributed by atoms with van der Waals surface area (Å²) < 4.78 is 16.1. The molecule has 0 saturated carbocycles. The summed E-state index contributed by atoms with van der Waals surface area (Å²) in [5.41, 5.74) is 1.44. The maximum atomic E-state index is 12.1. The van der Waals surface area contributed by atoms with Crippen LogP contribution >= 0.6 is 15.9 Å². The SMILES string of the molecule is COc1ccc(/C=C2\N=C(c3ccccc3)OC2=O)c(Br)c1OC(C)=O. The fourth-order valence-corrected chi connectivity index (χ4v) is 2.85. The summed E-state index contributed by atoms with van der Waals surface area (Å²) in [5, 5.41) is 0. The molecule has 0 aromatic heterocycles. The van der Waals surface area contributed by atoms with Crippen molar-refractivity contribution in [2.45, 2.75) is 6.92 Å². The normalized spacial score (nSPS) is 14.8. The lowest BCUT2D eigenvalue weighted by atomic mass is 10.1. The van der Waals surface area contributed by atoms with E-state index in [0.717, 1.165) is 0 Å². The second-order valence-corrected chi connectivity index (χ2v) is 6.09. The van der Waals surface area contributed by atoms with Crippen molar-refractivity contribution in [3.8, 4) is 11.5 Å². The third kappa shape index (κ3) is 3.67. The molecule has 26 heavy (non-hydrogen) atoms. The van der Waals surface area contributed by atoms with Crippen LogP contribution in [0.3, 0.4) is 0 Å². The Balaban J connectivity index is 2.00. The molecule has 0 amide bonds. The fourth-order valence-electron chi connectivity index (χ4n) is 2.33. The zero-order valence-corrected chi connectivity index (χ0v) is 15.6. The predicted octanol–water partition coefficient (Wildman–Crippen LogP) is 3.73. The molecule has 2 aromatic rings. The molecule has 0 saturated heterocycles. The van der Waals surface area contributed by atoms with Crippen LogP contribution in [0, 0.1) is 0 Å². The van der Waals surface area contributed by atoms with Crippen LogP contribution in [0.2, 0.25) is 0 Å². The van der Waals surface area contributed by atoms with Crippen LogP contribution in [0.15, 0.2) is 57.6 Å². The number of rotatable bonds is 4. The Morgan fingerprint density at radius 1 is 1.19 bits per heavy atom. The molecule has 1 aliphatic rings. The molecule has 0 bridgehead atoms. The van der Waals surface area contributed by atoms with Gasteiger partial charge < -0.3 is 14.2 Å². The molecule has 0 radical (unpaired) electrons. The number of hydrogen-bond donors (Lipinski definition) is 0. The highest BCUT2D eigenvalue weighted by molar-refractivity contribution is 9.10. The van der Waals surface area contributed by atoms with Gasteiger partial charge >= 0.3 is 11.9 Å². The number of nitrogens with zero attached hydrogens (tertiary/aromatic N) is 1. The predicted molar refractivity (Wildman–Crippen MR) is 99.1 cm³/mol. The molecule has 1 heterocycles. The van der Waals surface area contributed by atoms with E-state index in [1.165, 1.54) is 14.0 Å². The number of halogens is 1. The van der Waals surface area contributed by atoms with Crippen LogP contribution < -0.4 is 9.47 Å². The Hall–Kier alpha value is -2.93. The summed E-state index contributed by atoms with van der Waals surface area (Å²) in [6.07, 6.45) is 1.55. The van der Waals surface area contributed by atoms with E-state index >= 15 is 0 Å². The molecule has 0 spiro atoms. The Labute approximate surface area is 158 Å². The van der Waals surface area contributed by atoms with Crippen molar-refractivity contribution in [2.24, 2.45) is 4.99 Å². The van der Waals surface area contributed by atoms with E-state index in [1.54, 1.807) is 30.3 Å². The molecule has 0 unspecified atom stereocenters. The van der Waals surface area contributed by atoms with Crippen molar-refractivity contribution >= 4 is 39.8 Å². The van der Waals surface area contributed by atoms with Gasteiger partial charge in [-0.1, -0.05) is 18.2 Å². The highest BCUT2D eigenvalue weighted by atomic mass is 79.9. The minimum atomic E-state index is -0.555. The third-order valence-electron chi connectivity index (χ3n) is 3.49. The Morgan fingerprint density at radius 3 is 2.58 bits per heavy atom. The van der Waals surface area contributed by atoms with Gasteiger partial charge in [-0.05, 0) is 51.8 Å². The van der Waals surface area contributed by atoms with Crippen LogP contribution in [0.1, 0.15) is 18.1 Å². The first-order valence-electron chi connectivity index (χ1n) is 7.62. The molecule has 3 rings (SSSR count). The largest absolute Gasteiger partial charge is 0.493 e. The van der Waals surface area contributed by atoms with Gasteiger partial charge in [0.2, 0.25) is 5.90 Å². The smallest absolute Gasteiger partial charge is 0.363 e. The number of benzene rings is 2. The number of ether oxygens (including phenoxy) is 3. The van der Waals surface area contributed by atoms with E-state index in [1.807, 2.05) is 18.2 Å². The standard InChI is InChI=1S/C19H14BrNO5/c1-11(22)25-17-15(24-2)9-8-13(16(17)20)10-14-19(23)26-18(21-14)12-6-4-3-5-7-12/h3-10H,1-2H3/b14-10-. The quantitative estimate of drug-likeness (QED) is 0.432. The van der Waals surface area contributed by atoms with E-state index in [-0.39, 0.29) is 17.3 Å². The fraction of sp³-hybridized carbons (Fsp3) is 0.105. The van der Waals surface area contributed by atoms with Gasteiger partial charge in [0.25, 0.3) is 0 Å². The van der Waals surface area contributed by atoms with Gasteiger partial charge in [-0.3, -0.25) is 4.79 Å². The highest BCUT2D eigenvalue weighted by Gasteiger charge is 2.25. The minimum Gasteiger partial charge on any atom is -0.493 e. The van der Waals surface area contributed by atoms with Crippen LogP contribution in [0.4, 0.5) is 0 Å². The zero-order chi connectivity index (χ0) is 18.7. The number of cyclic esters (lactones) is 1. The molecular formula is C19H14BrNO5. The van der Waals surface area contributed by atoms with Crippen LogP contribution in [-0.2, 0) is 14.3 Å². The monoisotopic (exact) mass is 415 g/mol. The Bertz CT molecular complexity index is 934. The Kier molecular flexibility index (Phi) is 5.18. The lowest BCUT2D eigenvalue weighted by Gasteiger charge is -2.11. The van der Waals surface area contributed by atoms with Gasteiger partial charge in [0.15, 0.2) is 17.2 Å². The number of carbonyl (C=O) groups is 2. The first kappa shape index (κ1) is 17.9. The van der Waals surface area contributed by atoms with Crippen molar-refractivity contribution in [2.75, 3.05) is 7.11 Å². The Morgan fingerprint density at radius 2 is 1.92 bits per heavy atom. The average Bonchev–Trinajstić information content (AvgIpc) is 3.00. The summed E-state index contributed by atoms with van der Waals surface area (Å²) in [5.74, 6) is -0.185.